The third kappa shape index (κ3) is 4.68. The van der Waals surface area contributed by atoms with Gasteiger partial charge in [-0.2, -0.15) is 0 Å². The molecule has 1 saturated heterocycles. The van der Waals surface area contributed by atoms with E-state index in [0.717, 1.165) is 11.3 Å². The van der Waals surface area contributed by atoms with Crippen LogP contribution >= 0.6 is 0 Å². The van der Waals surface area contributed by atoms with E-state index in [1.165, 1.54) is 12.1 Å². The Bertz CT molecular complexity index is 790. The summed E-state index contributed by atoms with van der Waals surface area (Å²) in [6.45, 7) is 2.97. The van der Waals surface area contributed by atoms with Gasteiger partial charge in [-0.1, -0.05) is 17.3 Å². The monoisotopic (exact) mass is 359 g/mol. The van der Waals surface area contributed by atoms with Gasteiger partial charge in [0.25, 0.3) is 0 Å². The summed E-state index contributed by atoms with van der Waals surface area (Å²) >= 11 is 0. The highest BCUT2D eigenvalue weighted by Crippen LogP contribution is 2.19. The molecule has 1 aromatic carbocycles. The van der Waals surface area contributed by atoms with Crippen LogP contribution in [0.1, 0.15) is 29.9 Å². The van der Waals surface area contributed by atoms with Crippen LogP contribution in [-0.2, 0) is 22.6 Å². The molecule has 1 aliphatic heterocycles. The van der Waals surface area contributed by atoms with Crippen molar-refractivity contribution >= 4 is 11.8 Å². The molecule has 7 heteroatoms. The predicted octanol–water partition coefficient (Wildman–Crippen LogP) is 2.22. The normalized spacial score (nSPS) is 17.4. The van der Waals surface area contributed by atoms with E-state index in [-0.39, 0.29) is 30.1 Å². The third-order valence-corrected chi connectivity index (χ3v) is 4.54. The van der Waals surface area contributed by atoms with Gasteiger partial charge in [0.2, 0.25) is 11.8 Å². The number of hydrogen-bond donors (Lipinski definition) is 1. The van der Waals surface area contributed by atoms with Gasteiger partial charge in [0.1, 0.15) is 5.82 Å². The maximum Gasteiger partial charge on any atom is 0.225 e. The van der Waals surface area contributed by atoms with E-state index in [4.69, 9.17) is 4.52 Å². The third-order valence-electron chi connectivity index (χ3n) is 4.54. The number of piperidine rings is 1. The number of benzene rings is 1. The summed E-state index contributed by atoms with van der Waals surface area (Å²) < 4.78 is 18.3. The zero-order valence-corrected chi connectivity index (χ0v) is 14.7. The Labute approximate surface area is 151 Å². The van der Waals surface area contributed by atoms with Gasteiger partial charge in [0.15, 0.2) is 5.76 Å². The second-order valence-electron chi connectivity index (χ2n) is 6.61. The molecule has 2 amide bonds. The van der Waals surface area contributed by atoms with E-state index in [1.54, 1.807) is 17.0 Å². The number of likely N-dealkylation sites (tertiary alicyclic amines) is 1. The summed E-state index contributed by atoms with van der Waals surface area (Å²) in [5.74, 6) is 0.0147. The van der Waals surface area contributed by atoms with Crippen LogP contribution in [0.3, 0.4) is 0 Å². The average Bonchev–Trinajstić information content (AvgIpc) is 3.04. The first-order valence-corrected chi connectivity index (χ1v) is 8.73. The predicted molar refractivity (Wildman–Crippen MR) is 92.5 cm³/mol. The minimum absolute atomic E-state index is 0.0383. The van der Waals surface area contributed by atoms with Crippen LogP contribution in [0.2, 0.25) is 0 Å². The molecule has 6 nitrogen and oxygen atoms in total. The highest BCUT2D eigenvalue weighted by Gasteiger charge is 2.30. The van der Waals surface area contributed by atoms with E-state index in [1.807, 2.05) is 13.0 Å². The SMILES string of the molecule is Cc1cc(CNC(=O)[C@@H]2CCC(=O)N(CCc3cccc(F)c3)C2)on1. The quantitative estimate of drug-likeness (QED) is 0.858. The summed E-state index contributed by atoms with van der Waals surface area (Å²) in [5.41, 5.74) is 1.60. The Kier molecular flexibility index (Phi) is 5.65. The Morgan fingerprint density at radius 3 is 3.00 bits per heavy atom. The maximum absolute atomic E-state index is 13.3. The van der Waals surface area contributed by atoms with Crippen molar-refractivity contribution in [3.05, 3.63) is 53.2 Å². The van der Waals surface area contributed by atoms with Gasteiger partial charge in [-0.15, -0.1) is 0 Å². The van der Waals surface area contributed by atoms with Crippen molar-refractivity contribution in [3.8, 4) is 0 Å². The first-order valence-electron chi connectivity index (χ1n) is 8.73. The Balaban J connectivity index is 1.51. The fourth-order valence-electron chi connectivity index (χ4n) is 3.12. The molecule has 0 aliphatic carbocycles. The molecule has 0 bridgehead atoms. The van der Waals surface area contributed by atoms with Crippen LogP contribution < -0.4 is 5.32 Å². The van der Waals surface area contributed by atoms with E-state index in [0.29, 0.717) is 38.1 Å². The topological polar surface area (TPSA) is 75.4 Å². The van der Waals surface area contributed by atoms with E-state index < -0.39 is 0 Å². The molecule has 0 radical (unpaired) electrons. The zero-order valence-electron chi connectivity index (χ0n) is 14.7. The molecule has 138 valence electrons. The van der Waals surface area contributed by atoms with Crippen LogP contribution in [-0.4, -0.2) is 35.0 Å². The average molecular weight is 359 g/mol. The Morgan fingerprint density at radius 1 is 1.42 bits per heavy atom. The van der Waals surface area contributed by atoms with Crippen LogP contribution in [0, 0.1) is 18.7 Å². The molecule has 2 aromatic rings. The summed E-state index contributed by atoms with van der Waals surface area (Å²) in [4.78, 5) is 26.2. The number of aromatic nitrogens is 1. The number of hydrogen-bond acceptors (Lipinski definition) is 4. The highest BCUT2D eigenvalue weighted by atomic mass is 19.1. The number of aryl methyl sites for hydroxylation is 1. The summed E-state index contributed by atoms with van der Waals surface area (Å²) in [7, 11) is 0. The Hall–Kier alpha value is -2.70. The van der Waals surface area contributed by atoms with Crippen molar-refractivity contribution in [2.75, 3.05) is 13.1 Å². The molecule has 3 rings (SSSR count). The lowest BCUT2D eigenvalue weighted by Crippen LogP contribution is -2.46. The van der Waals surface area contributed by atoms with Gasteiger partial charge < -0.3 is 14.7 Å². The van der Waals surface area contributed by atoms with E-state index in [9.17, 15) is 14.0 Å². The van der Waals surface area contributed by atoms with Crippen LogP contribution in [0.25, 0.3) is 0 Å². The van der Waals surface area contributed by atoms with Crippen molar-refractivity contribution in [3.63, 3.8) is 0 Å². The maximum atomic E-state index is 13.3. The van der Waals surface area contributed by atoms with Gasteiger partial charge in [-0.25, -0.2) is 4.39 Å². The fraction of sp³-hybridized carbons (Fsp3) is 0.421. The molecule has 26 heavy (non-hydrogen) atoms. The second-order valence-corrected chi connectivity index (χ2v) is 6.61. The van der Waals surface area contributed by atoms with Crippen molar-refractivity contribution in [2.24, 2.45) is 5.92 Å². The minimum atomic E-state index is -0.285. The van der Waals surface area contributed by atoms with Crippen molar-refractivity contribution in [1.29, 1.82) is 0 Å². The van der Waals surface area contributed by atoms with Gasteiger partial charge in [-0.05, 0) is 37.5 Å². The standard InChI is InChI=1S/C19H22FN3O3/c1-13-9-17(26-22-13)11-21-19(25)15-5-6-18(24)23(12-15)8-7-14-3-2-4-16(20)10-14/h2-4,9-10,15H,5-8,11-12H2,1H3,(H,21,25)/t15-/m1/s1. The molecular formula is C19H22FN3O3. The Morgan fingerprint density at radius 2 is 2.27 bits per heavy atom. The first-order chi connectivity index (χ1) is 12.5. The first kappa shape index (κ1) is 18.1. The summed E-state index contributed by atoms with van der Waals surface area (Å²) in [6, 6.07) is 8.13. The number of nitrogens with zero attached hydrogens (tertiary/aromatic N) is 2. The molecule has 2 heterocycles. The molecule has 1 fully saturated rings. The van der Waals surface area contributed by atoms with Crippen LogP contribution in [0.4, 0.5) is 4.39 Å². The number of carbonyl (C=O) groups is 2. The summed E-state index contributed by atoms with van der Waals surface area (Å²) in [6.07, 6.45) is 1.45. The van der Waals surface area contributed by atoms with Crippen molar-refractivity contribution < 1.29 is 18.5 Å². The number of nitrogens with one attached hydrogen (secondary N) is 1. The summed E-state index contributed by atoms with van der Waals surface area (Å²) in [5, 5.41) is 6.62. The number of halogens is 1. The molecular weight excluding hydrogens is 337 g/mol. The van der Waals surface area contributed by atoms with Crippen LogP contribution in [0.5, 0.6) is 0 Å². The molecule has 0 unspecified atom stereocenters. The fourth-order valence-corrected chi connectivity index (χ4v) is 3.12. The lowest BCUT2D eigenvalue weighted by atomic mass is 9.96. The van der Waals surface area contributed by atoms with Gasteiger partial charge in [0, 0.05) is 25.6 Å². The van der Waals surface area contributed by atoms with Crippen molar-refractivity contribution in [2.45, 2.75) is 32.7 Å². The molecule has 0 saturated carbocycles. The molecule has 1 aliphatic rings. The van der Waals surface area contributed by atoms with Gasteiger partial charge >= 0.3 is 0 Å². The molecule has 1 N–H and O–H groups in total. The van der Waals surface area contributed by atoms with Crippen LogP contribution in [0.15, 0.2) is 34.9 Å². The largest absolute Gasteiger partial charge is 0.359 e. The zero-order chi connectivity index (χ0) is 18.5. The number of amides is 2. The minimum Gasteiger partial charge on any atom is -0.359 e. The molecule has 0 spiro atoms. The van der Waals surface area contributed by atoms with E-state index >= 15 is 0 Å². The lowest BCUT2D eigenvalue weighted by Gasteiger charge is -2.32. The smallest absolute Gasteiger partial charge is 0.225 e. The lowest BCUT2D eigenvalue weighted by molar-refractivity contribution is -0.138. The van der Waals surface area contributed by atoms with Gasteiger partial charge in [0.05, 0.1) is 18.2 Å². The number of carbonyl (C=O) groups excluding carboxylic acids is 2. The molecule has 1 aromatic heterocycles. The van der Waals surface area contributed by atoms with Gasteiger partial charge in [-0.3, -0.25) is 9.59 Å². The van der Waals surface area contributed by atoms with E-state index in [2.05, 4.69) is 10.5 Å². The number of rotatable bonds is 6. The second kappa shape index (κ2) is 8.12. The highest BCUT2D eigenvalue weighted by molar-refractivity contribution is 5.83. The molecule has 1 atom stereocenters. The van der Waals surface area contributed by atoms with Crippen molar-refractivity contribution in [1.82, 2.24) is 15.4 Å².